The van der Waals surface area contributed by atoms with Gasteiger partial charge in [0.1, 0.15) is 23.3 Å². The molecule has 0 aliphatic rings. The summed E-state index contributed by atoms with van der Waals surface area (Å²) in [6, 6.07) is 9.37. The van der Waals surface area contributed by atoms with Crippen molar-refractivity contribution in [1.82, 2.24) is 20.3 Å². The monoisotopic (exact) mass is 424 g/mol. The van der Waals surface area contributed by atoms with Crippen molar-refractivity contribution in [1.29, 1.82) is 0 Å². The maximum absolute atomic E-state index is 13.2. The van der Waals surface area contributed by atoms with Gasteiger partial charge in [0.15, 0.2) is 0 Å². The number of hydrogen-bond acceptors (Lipinski definition) is 7. The van der Waals surface area contributed by atoms with Crippen LogP contribution in [0.3, 0.4) is 0 Å². The van der Waals surface area contributed by atoms with Crippen molar-refractivity contribution in [2.24, 2.45) is 0 Å². The van der Waals surface area contributed by atoms with Crippen LogP contribution >= 0.6 is 0 Å². The second-order valence-corrected chi connectivity index (χ2v) is 6.71. The van der Waals surface area contributed by atoms with Gasteiger partial charge in [-0.15, -0.1) is 0 Å². The summed E-state index contributed by atoms with van der Waals surface area (Å²) in [4.78, 5) is 25.4. The number of ether oxygens (including phenoxy) is 1. The Morgan fingerprint density at radius 2 is 1.90 bits per heavy atom. The molecule has 0 saturated carbocycles. The standard InChI is InChI=1S/C22H25FN6O2/c1-3-31-11-10-26-22(30)17-12-19(27-15(2)16-4-6-18(23)7-5-16)28-20(13-17)29-21-14-24-8-9-25-21/h4-9,12-15H,3,10-11H2,1-2H3,(H,26,30)(H2,25,27,28,29)/t15-/m0/s1. The summed E-state index contributed by atoms with van der Waals surface area (Å²) >= 11 is 0. The molecule has 3 N–H and O–H groups in total. The van der Waals surface area contributed by atoms with Gasteiger partial charge in [-0.05, 0) is 43.7 Å². The minimum atomic E-state index is -0.296. The zero-order valence-corrected chi connectivity index (χ0v) is 17.4. The molecule has 0 saturated heterocycles. The summed E-state index contributed by atoms with van der Waals surface area (Å²) in [6.07, 6.45) is 4.69. The smallest absolute Gasteiger partial charge is 0.251 e. The van der Waals surface area contributed by atoms with E-state index in [1.807, 2.05) is 13.8 Å². The lowest BCUT2D eigenvalue weighted by atomic mass is 10.1. The number of carbonyl (C=O) groups is 1. The van der Waals surface area contributed by atoms with Gasteiger partial charge < -0.3 is 20.7 Å². The van der Waals surface area contributed by atoms with Gasteiger partial charge in [0.05, 0.1) is 12.8 Å². The first-order valence-corrected chi connectivity index (χ1v) is 9.98. The Labute approximate surface area is 180 Å². The summed E-state index contributed by atoms with van der Waals surface area (Å²) < 4.78 is 18.5. The highest BCUT2D eigenvalue weighted by atomic mass is 19.1. The molecule has 2 aromatic heterocycles. The molecule has 3 rings (SSSR count). The van der Waals surface area contributed by atoms with Crippen molar-refractivity contribution in [3.63, 3.8) is 0 Å². The number of halogens is 1. The van der Waals surface area contributed by atoms with Crippen LogP contribution in [0.1, 0.15) is 35.8 Å². The molecule has 9 heteroatoms. The number of aromatic nitrogens is 3. The summed E-state index contributed by atoms with van der Waals surface area (Å²) in [6.45, 7) is 5.25. The molecule has 1 atom stereocenters. The predicted octanol–water partition coefficient (Wildman–Crippen LogP) is 3.69. The largest absolute Gasteiger partial charge is 0.380 e. The summed E-state index contributed by atoms with van der Waals surface area (Å²) in [5.41, 5.74) is 1.31. The van der Waals surface area contributed by atoms with Gasteiger partial charge in [0, 0.05) is 37.2 Å². The van der Waals surface area contributed by atoms with Crippen LogP contribution in [0.4, 0.5) is 21.8 Å². The molecule has 0 radical (unpaired) electrons. The third kappa shape index (κ3) is 6.71. The van der Waals surface area contributed by atoms with Gasteiger partial charge in [0.25, 0.3) is 5.91 Å². The van der Waals surface area contributed by atoms with E-state index in [2.05, 4.69) is 30.9 Å². The van der Waals surface area contributed by atoms with Crippen LogP contribution in [0.5, 0.6) is 0 Å². The van der Waals surface area contributed by atoms with Gasteiger partial charge in [-0.1, -0.05) is 12.1 Å². The summed E-state index contributed by atoms with van der Waals surface area (Å²) in [7, 11) is 0. The van der Waals surface area contributed by atoms with E-state index in [0.717, 1.165) is 5.56 Å². The maximum Gasteiger partial charge on any atom is 0.251 e. The summed E-state index contributed by atoms with van der Waals surface area (Å²) in [5.74, 6) is 0.880. The lowest BCUT2D eigenvalue weighted by Gasteiger charge is -2.17. The van der Waals surface area contributed by atoms with Gasteiger partial charge in [-0.25, -0.2) is 14.4 Å². The number of pyridine rings is 1. The maximum atomic E-state index is 13.2. The van der Waals surface area contributed by atoms with Crippen LogP contribution < -0.4 is 16.0 Å². The summed E-state index contributed by atoms with van der Waals surface area (Å²) in [5, 5.41) is 9.15. The predicted molar refractivity (Wildman–Crippen MR) is 117 cm³/mol. The van der Waals surface area contributed by atoms with Gasteiger partial charge in [0.2, 0.25) is 0 Å². The van der Waals surface area contributed by atoms with Crippen LogP contribution in [0.2, 0.25) is 0 Å². The molecule has 0 aliphatic heterocycles. The second-order valence-electron chi connectivity index (χ2n) is 6.71. The first kappa shape index (κ1) is 22.1. The Morgan fingerprint density at radius 1 is 1.13 bits per heavy atom. The Morgan fingerprint density at radius 3 is 2.61 bits per heavy atom. The number of anilines is 3. The molecule has 31 heavy (non-hydrogen) atoms. The first-order chi connectivity index (χ1) is 15.0. The third-order valence-electron chi connectivity index (χ3n) is 4.38. The quantitative estimate of drug-likeness (QED) is 0.427. The fraction of sp³-hybridized carbons (Fsp3) is 0.273. The number of nitrogens with one attached hydrogen (secondary N) is 3. The topological polar surface area (TPSA) is 101 Å². The van der Waals surface area contributed by atoms with Crippen LogP contribution in [-0.2, 0) is 4.74 Å². The van der Waals surface area contributed by atoms with Crippen LogP contribution in [-0.4, -0.2) is 40.6 Å². The molecule has 0 fully saturated rings. The van der Waals surface area contributed by atoms with Gasteiger partial charge in [-0.2, -0.15) is 0 Å². The molecule has 0 spiro atoms. The van der Waals surface area contributed by atoms with E-state index >= 15 is 0 Å². The van der Waals surface area contributed by atoms with Crippen LogP contribution in [0.25, 0.3) is 0 Å². The number of amides is 1. The van der Waals surface area contributed by atoms with E-state index < -0.39 is 0 Å². The molecule has 0 bridgehead atoms. The molecule has 3 aromatic rings. The van der Waals surface area contributed by atoms with Crippen molar-refractivity contribution >= 4 is 23.4 Å². The van der Waals surface area contributed by atoms with Crippen molar-refractivity contribution in [2.75, 3.05) is 30.4 Å². The molecular formula is C22H25FN6O2. The molecular weight excluding hydrogens is 399 g/mol. The Kier molecular flexibility index (Phi) is 7.83. The molecule has 1 aromatic carbocycles. The average Bonchev–Trinajstić information content (AvgIpc) is 2.77. The number of rotatable bonds is 10. The number of hydrogen-bond donors (Lipinski definition) is 3. The number of benzene rings is 1. The SMILES string of the molecule is CCOCCNC(=O)c1cc(Nc2cnccn2)nc(N[C@@H](C)c2ccc(F)cc2)c1. The minimum Gasteiger partial charge on any atom is -0.380 e. The zero-order valence-electron chi connectivity index (χ0n) is 17.4. The molecule has 2 heterocycles. The molecule has 1 amide bonds. The van der Waals surface area contributed by atoms with E-state index in [1.165, 1.54) is 12.1 Å². The fourth-order valence-electron chi connectivity index (χ4n) is 2.83. The van der Waals surface area contributed by atoms with Crippen molar-refractivity contribution in [3.8, 4) is 0 Å². The van der Waals surface area contributed by atoms with Crippen molar-refractivity contribution in [2.45, 2.75) is 19.9 Å². The third-order valence-corrected chi connectivity index (χ3v) is 4.38. The van der Waals surface area contributed by atoms with E-state index in [1.54, 1.807) is 42.9 Å². The van der Waals surface area contributed by atoms with Crippen LogP contribution in [0.15, 0.2) is 55.0 Å². The molecule has 0 unspecified atom stereocenters. The Balaban J connectivity index is 1.81. The first-order valence-electron chi connectivity index (χ1n) is 9.98. The van der Waals surface area contributed by atoms with E-state index in [4.69, 9.17) is 4.74 Å². The van der Waals surface area contributed by atoms with E-state index in [9.17, 15) is 9.18 Å². The normalized spacial score (nSPS) is 11.6. The molecule has 0 aliphatic carbocycles. The highest BCUT2D eigenvalue weighted by Crippen LogP contribution is 2.22. The van der Waals surface area contributed by atoms with Crippen molar-refractivity contribution < 1.29 is 13.9 Å². The number of carbonyl (C=O) groups excluding carboxylic acids is 1. The minimum absolute atomic E-state index is 0.159. The fourth-order valence-corrected chi connectivity index (χ4v) is 2.83. The van der Waals surface area contributed by atoms with Gasteiger partial charge >= 0.3 is 0 Å². The molecule has 162 valence electrons. The lowest BCUT2D eigenvalue weighted by Crippen LogP contribution is -2.27. The van der Waals surface area contributed by atoms with Crippen LogP contribution in [0, 0.1) is 5.82 Å². The Hall–Kier alpha value is -3.59. The van der Waals surface area contributed by atoms with E-state index in [0.29, 0.717) is 42.8 Å². The Bertz CT molecular complexity index is 985. The van der Waals surface area contributed by atoms with E-state index in [-0.39, 0.29) is 17.8 Å². The zero-order chi connectivity index (χ0) is 22.1. The van der Waals surface area contributed by atoms with Gasteiger partial charge in [-0.3, -0.25) is 9.78 Å². The highest BCUT2D eigenvalue weighted by Gasteiger charge is 2.13. The number of nitrogens with zero attached hydrogens (tertiary/aromatic N) is 3. The average molecular weight is 424 g/mol. The second kappa shape index (κ2) is 11.0. The lowest BCUT2D eigenvalue weighted by molar-refractivity contribution is 0.0922. The molecule has 8 nitrogen and oxygen atoms in total. The van der Waals surface area contributed by atoms with Crippen molar-refractivity contribution in [3.05, 3.63) is 71.9 Å². The highest BCUT2D eigenvalue weighted by molar-refractivity contribution is 5.95.